The normalized spacial score (nSPS) is 29.3. The summed E-state index contributed by atoms with van der Waals surface area (Å²) in [5, 5.41) is 0. The minimum Gasteiger partial charge on any atom is -0.306 e. The maximum Gasteiger partial charge on any atom is 0.333 e. The average molecular weight is 404 g/mol. The van der Waals surface area contributed by atoms with E-state index in [2.05, 4.69) is 4.90 Å². The minimum atomic E-state index is -1.38. The van der Waals surface area contributed by atoms with Gasteiger partial charge in [0.2, 0.25) is 5.91 Å². The molecule has 2 atom stereocenters. The number of carbonyl (C=O) groups excluding carboxylic acids is 4. The molecule has 4 amide bonds. The van der Waals surface area contributed by atoms with Crippen molar-refractivity contribution in [2.45, 2.75) is 58.8 Å². The van der Waals surface area contributed by atoms with Crippen molar-refractivity contribution in [2.75, 3.05) is 33.2 Å². The zero-order chi connectivity index (χ0) is 21.2. The Labute approximate surface area is 173 Å². The highest BCUT2D eigenvalue weighted by atomic mass is 16.2. The van der Waals surface area contributed by atoms with Crippen LogP contribution in [-0.4, -0.2) is 71.6 Å². The standard InChI is InChI=1S/C22H33N3O4/c1-4-12-24-19(27)22(2,17-10-6-5-7-11-17)20(28)25(21(24)29)15-18(26)16-9-8-13-23(3)14-16/h10,16H,4-9,11-15H2,1-3H3. The topological polar surface area (TPSA) is 78.0 Å². The molecule has 0 saturated carbocycles. The largest absolute Gasteiger partial charge is 0.333 e. The number of hydrogen-bond acceptors (Lipinski definition) is 5. The number of carbonyl (C=O) groups is 4. The summed E-state index contributed by atoms with van der Waals surface area (Å²) < 4.78 is 0. The van der Waals surface area contributed by atoms with Crippen molar-refractivity contribution < 1.29 is 19.2 Å². The Morgan fingerprint density at radius 1 is 1.14 bits per heavy atom. The second kappa shape index (κ2) is 8.78. The molecule has 3 aliphatic rings. The van der Waals surface area contributed by atoms with Gasteiger partial charge in [-0.2, -0.15) is 0 Å². The van der Waals surface area contributed by atoms with E-state index in [9.17, 15) is 19.2 Å². The second-order valence-electron chi connectivity index (χ2n) is 8.80. The molecule has 7 nitrogen and oxygen atoms in total. The maximum absolute atomic E-state index is 13.5. The molecule has 0 N–H and O–H groups in total. The Morgan fingerprint density at radius 2 is 1.86 bits per heavy atom. The van der Waals surface area contributed by atoms with E-state index in [0.29, 0.717) is 19.4 Å². The van der Waals surface area contributed by atoms with Crippen molar-refractivity contribution in [3.8, 4) is 0 Å². The quantitative estimate of drug-likeness (QED) is 0.503. The van der Waals surface area contributed by atoms with Crippen LogP contribution in [0.15, 0.2) is 11.6 Å². The molecule has 2 saturated heterocycles. The predicted molar refractivity (Wildman–Crippen MR) is 109 cm³/mol. The molecule has 2 aliphatic heterocycles. The lowest BCUT2D eigenvalue weighted by Crippen LogP contribution is -2.66. The van der Waals surface area contributed by atoms with Gasteiger partial charge in [-0.15, -0.1) is 0 Å². The van der Waals surface area contributed by atoms with Crippen molar-refractivity contribution in [1.29, 1.82) is 0 Å². The van der Waals surface area contributed by atoms with Gasteiger partial charge in [-0.1, -0.05) is 13.0 Å². The number of allylic oxidation sites excluding steroid dienone is 1. The van der Waals surface area contributed by atoms with E-state index in [1.807, 2.05) is 20.0 Å². The van der Waals surface area contributed by atoms with E-state index in [-0.39, 0.29) is 24.8 Å². The molecule has 0 aromatic carbocycles. The van der Waals surface area contributed by atoms with Gasteiger partial charge >= 0.3 is 6.03 Å². The van der Waals surface area contributed by atoms with Gasteiger partial charge in [0.05, 0.1) is 6.54 Å². The first kappa shape index (κ1) is 21.7. The van der Waals surface area contributed by atoms with Crippen molar-refractivity contribution >= 4 is 23.6 Å². The van der Waals surface area contributed by atoms with Crippen molar-refractivity contribution in [3.63, 3.8) is 0 Å². The monoisotopic (exact) mass is 403 g/mol. The predicted octanol–water partition coefficient (Wildman–Crippen LogP) is 2.60. The number of likely N-dealkylation sites (tertiary alicyclic amines) is 1. The van der Waals surface area contributed by atoms with Crippen LogP contribution in [0.2, 0.25) is 0 Å². The summed E-state index contributed by atoms with van der Waals surface area (Å²) in [5.41, 5.74) is -0.588. The summed E-state index contributed by atoms with van der Waals surface area (Å²) in [5.74, 6) is -1.25. The summed E-state index contributed by atoms with van der Waals surface area (Å²) in [6.07, 6.45) is 7.77. The molecule has 0 bridgehead atoms. The number of barbiturate groups is 1. The lowest BCUT2D eigenvalue weighted by Gasteiger charge is -2.44. The van der Waals surface area contributed by atoms with Crippen LogP contribution in [0.3, 0.4) is 0 Å². The van der Waals surface area contributed by atoms with Crippen molar-refractivity contribution in [2.24, 2.45) is 11.3 Å². The zero-order valence-electron chi connectivity index (χ0n) is 17.9. The molecule has 0 aromatic rings. The molecule has 3 rings (SSSR count). The first-order valence-electron chi connectivity index (χ1n) is 10.9. The third-order valence-corrected chi connectivity index (χ3v) is 6.58. The van der Waals surface area contributed by atoms with Gasteiger partial charge in [-0.05, 0) is 71.0 Å². The van der Waals surface area contributed by atoms with Crippen LogP contribution >= 0.6 is 0 Å². The Balaban J connectivity index is 1.89. The smallest absolute Gasteiger partial charge is 0.306 e. The molecular weight excluding hydrogens is 370 g/mol. The van der Waals surface area contributed by atoms with Crippen LogP contribution < -0.4 is 0 Å². The molecule has 0 radical (unpaired) electrons. The van der Waals surface area contributed by atoms with Gasteiger partial charge < -0.3 is 4.90 Å². The fourth-order valence-electron chi connectivity index (χ4n) is 4.79. The van der Waals surface area contributed by atoms with Gasteiger partial charge in [0, 0.05) is 19.0 Å². The average Bonchev–Trinajstić information content (AvgIpc) is 2.73. The fourth-order valence-corrected chi connectivity index (χ4v) is 4.79. The second-order valence-corrected chi connectivity index (χ2v) is 8.80. The Hall–Kier alpha value is -2.02. The molecule has 2 unspecified atom stereocenters. The van der Waals surface area contributed by atoms with Crippen molar-refractivity contribution in [3.05, 3.63) is 11.6 Å². The van der Waals surface area contributed by atoms with Crippen LogP contribution in [0.5, 0.6) is 0 Å². The van der Waals surface area contributed by atoms with Crippen LogP contribution in [0.25, 0.3) is 0 Å². The summed E-state index contributed by atoms with van der Waals surface area (Å²) >= 11 is 0. The first-order chi connectivity index (χ1) is 13.8. The SMILES string of the molecule is CCCN1C(=O)N(CC(=O)C2CCCN(C)C2)C(=O)C(C)(C2=CCCCC2)C1=O. The van der Waals surface area contributed by atoms with Gasteiger partial charge in [-0.3, -0.25) is 24.2 Å². The van der Waals surface area contributed by atoms with E-state index in [1.165, 1.54) is 4.90 Å². The number of rotatable bonds is 6. The van der Waals surface area contributed by atoms with Crippen LogP contribution in [-0.2, 0) is 14.4 Å². The van der Waals surface area contributed by atoms with E-state index >= 15 is 0 Å². The van der Waals surface area contributed by atoms with Crippen LogP contribution in [0.1, 0.15) is 58.8 Å². The highest BCUT2D eigenvalue weighted by Gasteiger charge is 2.56. The Morgan fingerprint density at radius 3 is 2.48 bits per heavy atom. The molecule has 2 fully saturated rings. The minimum absolute atomic E-state index is 0.0935. The Bertz CT molecular complexity index is 732. The van der Waals surface area contributed by atoms with E-state index in [1.54, 1.807) is 6.92 Å². The van der Waals surface area contributed by atoms with Gasteiger partial charge in [0.25, 0.3) is 5.91 Å². The summed E-state index contributed by atoms with van der Waals surface area (Å²) in [7, 11) is 1.98. The Kier molecular flexibility index (Phi) is 6.56. The number of imide groups is 2. The summed E-state index contributed by atoms with van der Waals surface area (Å²) in [6.45, 7) is 5.14. The summed E-state index contributed by atoms with van der Waals surface area (Å²) in [4.78, 5) is 57.0. The lowest BCUT2D eigenvalue weighted by molar-refractivity contribution is -0.156. The van der Waals surface area contributed by atoms with E-state index in [4.69, 9.17) is 0 Å². The van der Waals surface area contributed by atoms with Crippen LogP contribution in [0, 0.1) is 11.3 Å². The fraction of sp³-hybridized carbons (Fsp3) is 0.727. The summed E-state index contributed by atoms with van der Waals surface area (Å²) in [6, 6.07) is -0.645. The number of hydrogen-bond donors (Lipinski definition) is 0. The molecule has 7 heteroatoms. The zero-order valence-corrected chi connectivity index (χ0v) is 17.9. The highest BCUT2D eigenvalue weighted by Crippen LogP contribution is 2.40. The van der Waals surface area contributed by atoms with E-state index in [0.717, 1.165) is 49.1 Å². The number of ketones is 1. The van der Waals surface area contributed by atoms with Gasteiger partial charge in [0.15, 0.2) is 5.78 Å². The highest BCUT2D eigenvalue weighted by molar-refractivity contribution is 6.21. The van der Waals surface area contributed by atoms with Gasteiger partial charge in [-0.25, -0.2) is 4.79 Å². The molecule has 1 aliphatic carbocycles. The molecule has 0 spiro atoms. The van der Waals surface area contributed by atoms with Gasteiger partial charge in [0.1, 0.15) is 5.41 Å². The third kappa shape index (κ3) is 4.02. The van der Waals surface area contributed by atoms with Crippen LogP contribution in [0.4, 0.5) is 4.79 Å². The number of urea groups is 1. The number of Topliss-reactive ketones (excluding diaryl/α,β-unsaturated/α-hetero) is 1. The molecule has 0 aromatic heterocycles. The van der Waals surface area contributed by atoms with E-state index < -0.39 is 23.3 Å². The molecular formula is C22H33N3O4. The number of piperidine rings is 1. The maximum atomic E-state index is 13.5. The molecule has 160 valence electrons. The first-order valence-corrected chi connectivity index (χ1v) is 10.9. The lowest BCUT2D eigenvalue weighted by atomic mass is 9.73. The third-order valence-electron chi connectivity index (χ3n) is 6.58. The molecule has 2 heterocycles. The number of amides is 4. The number of nitrogens with zero attached hydrogens (tertiary/aromatic N) is 3. The molecule has 29 heavy (non-hydrogen) atoms. The van der Waals surface area contributed by atoms with Crippen molar-refractivity contribution in [1.82, 2.24) is 14.7 Å².